The molecule has 3 amide bonds. The van der Waals surface area contributed by atoms with Gasteiger partial charge in [-0.25, -0.2) is 9.78 Å². The summed E-state index contributed by atoms with van der Waals surface area (Å²) in [7, 11) is 0. The summed E-state index contributed by atoms with van der Waals surface area (Å²) in [5, 5.41) is 7.81. The maximum atomic E-state index is 12.5. The SMILES string of the molecule is Cc1ccc(NC(=O)Nc2nc(CC(=O)N3CC(C)CC(C)C3)cs2)cc1. The Morgan fingerprint density at radius 3 is 2.48 bits per heavy atom. The highest BCUT2D eigenvalue weighted by molar-refractivity contribution is 7.14. The molecule has 0 aliphatic carbocycles. The summed E-state index contributed by atoms with van der Waals surface area (Å²) < 4.78 is 0. The number of piperidine rings is 1. The van der Waals surface area contributed by atoms with E-state index in [4.69, 9.17) is 0 Å². The van der Waals surface area contributed by atoms with E-state index in [-0.39, 0.29) is 18.4 Å². The van der Waals surface area contributed by atoms with Crippen molar-refractivity contribution in [3.05, 3.63) is 40.9 Å². The first-order chi connectivity index (χ1) is 12.9. The fraction of sp³-hybridized carbons (Fsp3) is 0.450. The summed E-state index contributed by atoms with van der Waals surface area (Å²) in [4.78, 5) is 31.0. The summed E-state index contributed by atoms with van der Waals surface area (Å²) in [6.07, 6.45) is 1.45. The molecule has 6 nitrogen and oxygen atoms in total. The second-order valence-corrected chi connectivity index (χ2v) is 8.37. The van der Waals surface area contributed by atoms with E-state index in [1.807, 2.05) is 41.5 Å². The first kappa shape index (κ1) is 19.4. The summed E-state index contributed by atoms with van der Waals surface area (Å²) in [5.41, 5.74) is 2.55. The van der Waals surface area contributed by atoms with Gasteiger partial charge in [0.2, 0.25) is 5.91 Å². The smallest absolute Gasteiger partial charge is 0.325 e. The van der Waals surface area contributed by atoms with Crippen LogP contribution in [0.4, 0.5) is 15.6 Å². The van der Waals surface area contributed by atoms with Crippen molar-refractivity contribution >= 4 is 34.1 Å². The van der Waals surface area contributed by atoms with Gasteiger partial charge in [0.05, 0.1) is 12.1 Å². The molecule has 2 aromatic rings. The zero-order valence-corrected chi connectivity index (χ0v) is 16.8. The maximum Gasteiger partial charge on any atom is 0.325 e. The van der Waals surface area contributed by atoms with Crippen LogP contribution >= 0.6 is 11.3 Å². The van der Waals surface area contributed by atoms with Gasteiger partial charge < -0.3 is 10.2 Å². The van der Waals surface area contributed by atoms with E-state index in [1.165, 1.54) is 17.8 Å². The Morgan fingerprint density at radius 2 is 1.81 bits per heavy atom. The van der Waals surface area contributed by atoms with Crippen molar-refractivity contribution in [1.82, 2.24) is 9.88 Å². The molecule has 1 saturated heterocycles. The number of likely N-dealkylation sites (tertiary alicyclic amines) is 1. The molecule has 7 heteroatoms. The van der Waals surface area contributed by atoms with Gasteiger partial charge in [0.1, 0.15) is 0 Å². The van der Waals surface area contributed by atoms with E-state index < -0.39 is 0 Å². The molecule has 0 radical (unpaired) electrons. The van der Waals surface area contributed by atoms with Crippen LogP contribution in [0.2, 0.25) is 0 Å². The van der Waals surface area contributed by atoms with Crippen molar-refractivity contribution < 1.29 is 9.59 Å². The average molecular weight is 387 g/mol. The second kappa shape index (κ2) is 8.52. The molecule has 1 fully saturated rings. The third-order valence-corrected chi connectivity index (χ3v) is 5.44. The van der Waals surface area contributed by atoms with Crippen LogP contribution in [0.15, 0.2) is 29.6 Å². The van der Waals surface area contributed by atoms with E-state index >= 15 is 0 Å². The lowest BCUT2D eigenvalue weighted by Gasteiger charge is -2.35. The lowest BCUT2D eigenvalue weighted by Crippen LogP contribution is -2.43. The van der Waals surface area contributed by atoms with Gasteiger partial charge in [-0.15, -0.1) is 11.3 Å². The first-order valence-electron chi connectivity index (χ1n) is 9.26. The number of nitrogens with zero attached hydrogens (tertiary/aromatic N) is 2. The summed E-state index contributed by atoms with van der Waals surface area (Å²) in [6, 6.07) is 7.23. The van der Waals surface area contributed by atoms with E-state index in [9.17, 15) is 9.59 Å². The van der Waals surface area contributed by atoms with Crippen LogP contribution in [0.3, 0.4) is 0 Å². The number of hydrogen-bond donors (Lipinski definition) is 2. The second-order valence-electron chi connectivity index (χ2n) is 7.51. The highest BCUT2D eigenvalue weighted by Crippen LogP contribution is 2.22. The van der Waals surface area contributed by atoms with Crippen LogP contribution < -0.4 is 10.6 Å². The Morgan fingerprint density at radius 1 is 1.15 bits per heavy atom. The molecule has 27 heavy (non-hydrogen) atoms. The number of urea groups is 1. The lowest BCUT2D eigenvalue weighted by molar-refractivity contribution is -0.133. The number of carbonyl (C=O) groups excluding carboxylic acids is 2. The molecule has 3 rings (SSSR count). The fourth-order valence-corrected chi connectivity index (χ4v) is 4.18. The van der Waals surface area contributed by atoms with Crippen molar-refractivity contribution in [3.8, 4) is 0 Å². The highest BCUT2D eigenvalue weighted by Gasteiger charge is 2.25. The molecule has 2 unspecified atom stereocenters. The van der Waals surface area contributed by atoms with E-state index in [2.05, 4.69) is 29.5 Å². The van der Waals surface area contributed by atoms with Crippen molar-refractivity contribution in [2.75, 3.05) is 23.7 Å². The quantitative estimate of drug-likeness (QED) is 0.829. The Balaban J connectivity index is 1.52. The Kier molecular flexibility index (Phi) is 6.11. The molecule has 2 atom stereocenters. The predicted octanol–water partition coefficient (Wildman–Crippen LogP) is 4.14. The Hall–Kier alpha value is -2.41. The number of rotatable bonds is 4. The van der Waals surface area contributed by atoms with E-state index in [0.29, 0.717) is 22.7 Å². The van der Waals surface area contributed by atoms with Gasteiger partial charge in [-0.1, -0.05) is 31.5 Å². The minimum Gasteiger partial charge on any atom is -0.342 e. The standard InChI is InChI=1S/C20H26N4O2S/c1-13-4-6-16(7-5-13)21-19(26)23-20-22-17(12-27-20)9-18(25)24-10-14(2)8-15(3)11-24/h4-7,12,14-15H,8-11H2,1-3H3,(H2,21,22,23,26). The third-order valence-electron chi connectivity index (χ3n) is 4.64. The van der Waals surface area contributed by atoms with E-state index in [0.717, 1.165) is 24.3 Å². The minimum atomic E-state index is -0.343. The van der Waals surface area contributed by atoms with Gasteiger partial charge in [0, 0.05) is 24.2 Å². The lowest BCUT2D eigenvalue weighted by atomic mass is 9.92. The largest absolute Gasteiger partial charge is 0.342 e. The molecule has 2 heterocycles. The van der Waals surface area contributed by atoms with Crippen LogP contribution in [0.1, 0.15) is 31.5 Å². The maximum absolute atomic E-state index is 12.5. The van der Waals surface area contributed by atoms with Crippen molar-refractivity contribution in [2.24, 2.45) is 11.8 Å². The summed E-state index contributed by atoms with van der Waals surface area (Å²) in [6.45, 7) is 8.00. The number of benzene rings is 1. The highest BCUT2D eigenvalue weighted by atomic mass is 32.1. The van der Waals surface area contributed by atoms with Gasteiger partial charge in [0.25, 0.3) is 0 Å². The van der Waals surface area contributed by atoms with Crippen LogP contribution in [0.5, 0.6) is 0 Å². The zero-order chi connectivity index (χ0) is 19.4. The molecule has 1 aliphatic rings. The van der Waals surface area contributed by atoms with Crippen LogP contribution in [0, 0.1) is 18.8 Å². The molecule has 1 aliphatic heterocycles. The first-order valence-corrected chi connectivity index (χ1v) is 10.1. The van der Waals surface area contributed by atoms with E-state index in [1.54, 1.807) is 0 Å². The van der Waals surface area contributed by atoms with Crippen LogP contribution in [-0.4, -0.2) is 34.9 Å². The Labute approximate surface area is 164 Å². The Bertz CT molecular complexity index is 793. The summed E-state index contributed by atoms with van der Waals surface area (Å²) in [5.74, 6) is 1.18. The number of carbonyl (C=O) groups is 2. The monoisotopic (exact) mass is 386 g/mol. The summed E-state index contributed by atoms with van der Waals surface area (Å²) >= 11 is 1.33. The fourth-order valence-electron chi connectivity index (χ4n) is 3.48. The van der Waals surface area contributed by atoms with Gasteiger partial charge >= 0.3 is 6.03 Å². The predicted molar refractivity (Wildman–Crippen MR) is 109 cm³/mol. The molecular weight excluding hydrogens is 360 g/mol. The molecule has 2 N–H and O–H groups in total. The topological polar surface area (TPSA) is 74.3 Å². The number of anilines is 2. The van der Waals surface area contributed by atoms with Crippen molar-refractivity contribution in [3.63, 3.8) is 0 Å². The molecule has 1 aromatic carbocycles. The molecule has 1 aromatic heterocycles. The average Bonchev–Trinajstić information content (AvgIpc) is 3.02. The number of hydrogen-bond acceptors (Lipinski definition) is 4. The molecule has 144 valence electrons. The van der Waals surface area contributed by atoms with Gasteiger partial charge in [-0.05, 0) is 37.3 Å². The van der Waals surface area contributed by atoms with Crippen molar-refractivity contribution in [1.29, 1.82) is 0 Å². The molecular formula is C20H26N4O2S. The third kappa shape index (κ3) is 5.53. The van der Waals surface area contributed by atoms with Crippen LogP contribution in [0.25, 0.3) is 0 Å². The van der Waals surface area contributed by atoms with Crippen LogP contribution in [-0.2, 0) is 11.2 Å². The molecule has 0 spiro atoms. The molecule has 0 saturated carbocycles. The number of amides is 3. The van der Waals surface area contributed by atoms with Gasteiger partial charge in [-0.2, -0.15) is 0 Å². The molecule has 0 bridgehead atoms. The number of aromatic nitrogens is 1. The number of aryl methyl sites for hydroxylation is 1. The minimum absolute atomic E-state index is 0.106. The van der Waals surface area contributed by atoms with Gasteiger partial charge in [0.15, 0.2) is 5.13 Å². The number of nitrogens with one attached hydrogen (secondary N) is 2. The normalized spacial score (nSPS) is 19.6. The number of thiazole rings is 1. The zero-order valence-electron chi connectivity index (χ0n) is 16.0. The van der Waals surface area contributed by atoms with Gasteiger partial charge in [-0.3, -0.25) is 10.1 Å². The van der Waals surface area contributed by atoms with Crippen molar-refractivity contribution in [2.45, 2.75) is 33.6 Å².